The van der Waals surface area contributed by atoms with Gasteiger partial charge in [-0.25, -0.2) is 0 Å². The van der Waals surface area contributed by atoms with Crippen LogP contribution in [0.5, 0.6) is 0 Å². The van der Waals surface area contributed by atoms with E-state index < -0.39 is 11.8 Å². The zero-order valence-electron chi connectivity index (χ0n) is 11.2. The van der Waals surface area contributed by atoms with Gasteiger partial charge in [-0.3, -0.25) is 9.59 Å². The SMILES string of the molecule is CCC(COC)NC(=O)C(=O)N1CCCNCC1. The molecule has 18 heavy (non-hydrogen) atoms. The summed E-state index contributed by atoms with van der Waals surface area (Å²) in [6.45, 7) is 5.25. The summed E-state index contributed by atoms with van der Waals surface area (Å²) < 4.78 is 4.99. The normalized spacial score (nSPS) is 18.0. The van der Waals surface area contributed by atoms with Crippen molar-refractivity contribution in [3.63, 3.8) is 0 Å². The average Bonchev–Trinajstić information content (AvgIpc) is 2.65. The van der Waals surface area contributed by atoms with E-state index in [0.29, 0.717) is 19.7 Å². The molecule has 0 aliphatic carbocycles. The summed E-state index contributed by atoms with van der Waals surface area (Å²) in [6, 6.07) is -0.100. The first kappa shape index (κ1) is 14.9. The molecule has 6 heteroatoms. The number of amides is 2. The number of methoxy groups -OCH3 is 1. The lowest BCUT2D eigenvalue weighted by Crippen LogP contribution is -2.48. The molecule has 0 aromatic carbocycles. The Hall–Kier alpha value is -1.14. The zero-order valence-corrected chi connectivity index (χ0v) is 11.2. The van der Waals surface area contributed by atoms with Crippen LogP contribution >= 0.6 is 0 Å². The molecule has 1 aliphatic rings. The topological polar surface area (TPSA) is 70.7 Å². The number of carbonyl (C=O) groups excluding carboxylic acids is 2. The summed E-state index contributed by atoms with van der Waals surface area (Å²) in [4.78, 5) is 25.4. The smallest absolute Gasteiger partial charge is 0.311 e. The van der Waals surface area contributed by atoms with Crippen molar-refractivity contribution >= 4 is 11.8 Å². The third-order valence-electron chi connectivity index (χ3n) is 3.02. The van der Waals surface area contributed by atoms with E-state index in [1.54, 1.807) is 12.0 Å². The Morgan fingerprint density at radius 1 is 1.39 bits per heavy atom. The number of ether oxygens (including phenoxy) is 1. The van der Waals surface area contributed by atoms with Gasteiger partial charge in [-0.2, -0.15) is 0 Å². The highest BCUT2D eigenvalue weighted by Gasteiger charge is 2.24. The summed E-state index contributed by atoms with van der Waals surface area (Å²) in [5.74, 6) is -0.964. The Labute approximate surface area is 108 Å². The fraction of sp³-hybridized carbons (Fsp3) is 0.833. The molecular weight excluding hydrogens is 234 g/mol. The number of hydrogen-bond acceptors (Lipinski definition) is 4. The molecule has 0 radical (unpaired) electrons. The van der Waals surface area contributed by atoms with Crippen molar-refractivity contribution in [3.8, 4) is 0 Å². The van der Waals surface area contributed by atoms with Gasteiger partial charge in [-0.05, 0) is 19.4 Å². The van der Waals surface area contributed by atoms with Gasteiger partial charge in [-0.15, -0.1) is 0 Å². The molecule has 6 nitrogen and oxygen atoms in total. The van der Waals surface area contributed by atoms with Gasteiger partial charge in [0.1, 0.15) is 0 Å². The van der Waals surface area contributed by atoms with Crippen LogP contribution < -0.4 is 10.6 Å². The third kappa shape index (κ3) is 4.62. The monoisotopic (exact) mass is 257 g/mol. The summed E-state index contributed by atoms with van der Waals surface area (Å²) in [6.07, 6.45) is 1.63. The first-order chi connectivity index (χ1) is 8.69. The first-order valence-corrected chi connectivity index (χ1v) is 6.48. The molecule has 2 amide bonds. The van der Waals surface area contributed by atoms with Gasteiger partial charge in [0.05, 0.1) is 12.6 Å². The van der Waals surface area contributed by atoms with Crippen LogP contribution in [0.1, 0.15) is 19.8 Å². The van der Waals surface area contributed by atoms with Crippen molar-refractivity contribution in [1.29, 1.82) is 0 Å². The second-order valence-electron chi connectivity index (χ2n) is 4.43. The Kier molecular flexibility index (Phi) is 6.67. The molecule has 0 saturated carbocycles. The van der Waals surface area contributed by atoms with Crippen molar-refractivity contribution in [2.45, 2.75) is 25.8 Å². The van der Waals surface area contributed by atoms with Crippen molar-refractivity contribution in [2.24, 2.45) is 0 Å². The van der Waals surface area contributed by atoms with Crippen molar-refractivity contribution in [3.05, 3.63) is 0 Å². The quantitative estimate of drug-likeness (QED) is 0.657. The number of hydrogen-bond donors (Lipinski definition) is 2. The standard InChI is InChI=1S/C12H23N3O3/c1-3-10(9-18-2)14-11(16)12(17)15-7-4-5-13-6-8-15/h10,13H,3-9H2,1-2H3,(H,14,16). The van der Waals surface area contributed by atoms with Crippen LogP contribution in [0.4, 0.5) is 0 Å². The molecule has 1 unspecified atom stereocenters. The fourth-order valence-corrected chi connectivity index (χ4v) is 1.90. The molecule has 0 bridgehead atoms. The Morgan fingerprint density at radius 2 is 2.17 bits per heavy atom. The number of nitrogens with zero attached hydrogens (tertiary/aromatic N) is 1. The molecule has 1 rings (SSSR count). The molecule has 104 valence electrons. The first-order valence-electron chi connectivity index (χ1n) is 6.48. The van der Waals surface area contributed by atoms with Gasteiger partial charge in [0.15, 0.2) is 0 Å². The van der Waals surface area contributed by atoms with Crippen molar-refractivity contribution in [1.82, 2.24) is 15.5 Å². The fourth-order valence-electron chi connectivity index (χ4n) is 1.90. The van der Waals surface area contributed by atoms with E-state index >= 15 is 0 Å². The van der Waals surface area contributed by atoms with Crippen LogP contribution in [-0.2, 0) is 14.3 Å². The molecule has 0 aromatic heterocycles. The van der Waals surface area contributed by atoms with E-state index in [-0.39, 0.29) is 6.04 Å². The molecular formula is C12H23N3O3. The maximum Gasteiger partial charge on any atom is 0.311 e. The minimum Gasteiger partial charge on any atom is -0.383 e. The van der Waals surface area contributed by atoms with E-state index in [4.69, 9.17) is 4.74 Å². The van der Waals surface area contributed by atoms with Crippen molar-refractivity contribution < 1.29 is 14.3 Å². The maximum absolute atomic E-state index is 12.0. The lowest BCUT2D eigenvalue weighted by atomic mass is 10.2. The van der Waals surface area contributed by atoms with Crippen LogP contribution in [-0.4, -0.2) is 62.7 Å². The number of nitrogens with one attached hydrogen (secondary N) is 2. The van der Waals surface area contributed by atoms with Crippen LogP contribution in [0, 0.1) is 0 Å². The predicted octanol–water partition coefficient (Wildman–Crippen LogP) is -0.650. The third-order valence-corrected chi connectivity index (χ3v) is 3.02. The summed E-state index contributed by atoms with van der Waals surface area (Å²) in [5, 5.41) is 5.91. The Bertz CT molecular complexity index is 276. The van der Waals surface area contributed by atoms with E-state index in [1.165, 1.54) is 0 Å². The lowest BCUT2D eigenvalue weighted by molar-refractivity contribution is -0.146. The summed E-state index contributed by atoms with van der Waals surface area (Å²) in [7, 11) is 1.58. The molecule has 0 aromatic rings. The second-order valence-corrected chi connectivity index (χ2v) is 4.43. The van der Waals surface area contributed by atoms with Gasteiger partial charge in [0, 0.05) is 26.7 Å². The molecule has 1 aliphatic heterocycles. The van der Waals surface area contributed by atoms with E-state index in [1.807, 2.05) is 6.92 Å². The van der Waals surface area contributed by atoms with E-state index in [0.717, 1.165) is 25.9 Å². The second kappa shape index (κ2) is 8.05. The van der Waals surface area contributed by atoms with Gasteiger partial charge >= 0.3 is 11.8 Å². The van der Waals surface area contributed by atoms with Gasteiger partial charge in [0.2, 0.25) is 0 Å². The van der Waals surface area contributed by atoms with Crippen LogP contribution in [0.2, 0.25) is 0 Å². The number of rotatable bonds is 4. The van der Waals surface area contributed by atoms with E-state index in [9.17, 15) is 9.59 Å². The highest BCUT2D eigenvalue weighted by atomic mass is 16.5. The van der Waals surface area contributed by atoms with Gasteiger partial charge < -0.3 is 20.3 Å². The lowest BCUT2D eigenvalue weighted by Gasteiger charge is -2.21. The molecule has 1 fully saturated rings. The summed E-state index contributed by atoms with van der Waals surface area (Å²) in [5.41, 5.74) is 0. The largest absolute Gasteiger partial charge is 0.383 e. The molecule has 1 atom stereocenters. The van der Waals surface area contributed by atoms with Crippen LogP contribution in [0.3, 0.4) is 0 Å². The zero-order chi connectivity index (χ0) is 13.4. The van der Waals surface area contributed by atoms with Crippen LogP contribution in [0.15, 0.2) is 0 Å². The summed E-state index contributed by atoms with van der Waals surface area (Å²) >= 11 is 0. The van der Waals surface area contributed by atoms with E-state index in [2.05, 4.69) is 10.6 Å². The Balaban J connectivity index is 2.46. The van der Waals surface area contributed by atoms with Crippen molar-refractivity contribution in [2.75, 3.05) is 39.9 Å². The minimum atomic E-state index is -0.527. The molecule has 1 saturated heterocycles. The van der Waals surface area contributed by atoms with Gasteiger partial charge in [0.25, 0.3) is 0 Å². The molecule has 0 spiro atoms. The minimum absolute atomic E-state index is 0.100. The highest BCUT2D eigenvalue weighted by Crippen LogP contribution is 1.98. The average molecular weight is 257 g/mol. The highest BCUT2D eigenvalue weighted by molar-refractivity contribution is 6.35. The molecule has 1 heterocycles. The van der Waals surface area contributed by atoms with Gasteiger partial charge in [-0.1, -0.05) is 6.92 Å². The number of carbonyl (C=O) groups is 2. The molecule has 2 N–H and O–H groups in total. The Morgan fingerprint density at radius 3 is 2.83 bits per heavy atom. The predicted molar refractivity (Wildman–Crippen MR) is 68.2 cm³/mol. The maximum atomic E-state index is 12.0. The van der Waals surface area contributed by atoms with Crippen LogP contribution in [0.25, 0.3) is 0 Å².